The molecule has 0 fully saturated rings. The Hall–Kier alpha value is -12.1. The molecule has 0 amide bonds. The van der Waals surface area contributed by atoms with Crippen molar-refractivity contribution in [3.63, 3.8) is 0 Å². The van der Waals surface area contributed by atoms with Gasteiger partial charge in [-0.15, -0.1) is 22.7 Å². The quantitative estimate of drug-likeness (QED) is 0.143. The van der Waals surface area contributed by atoms with E-state index in [1.165, 1.54) is 139 Å². The van der Waals surface area contributed by atoms with Crippen molar-refractivity contribution in [3.05, 3.63) is 368 Å². The Morgan fingerprint density at radius 1 is 0.255 bits per heavy atom. The second-order valence-electron chi connectivity index (χ2n) is 26.1. The highest BCUT2D eigenvalue weighted by atomic mass is 32.1. The third kappa shape index (κ3) is 7.91. The lowest BCUT2D eigenvalue weighted by Gasteiger charge is -2.30. The lowest BCUT2D eigenvalue weighted by molar-refractivity contribution is 0.793. The van der Waals surface area contributed by atoms with Crippen molar-refractivity contribution in [1.29, 1.82) is 0 Å². The fourth-order valence-electron chi connectivity index (χ4n) is 17.1. The summed E-state index contributed by atoms with van der Waals surface area (Å²) in [5, 5.41) is 12.4. The highest BCUT2D eigenvalue weighted by molar-refractivity contribution is 7.28. The van der Waals surface area contributed by atoms with Gasteiger partial charge in [-0.1, -0.05) is 261 Å². The highest BCUT2D eigenvalue weighted by Crippen LogP contribution is 2.64. The van der Waals surface area contributed by atoms with Gasteiger partial charge >= 0.3 is 0 Å². The molecule has 3 nitrogen and oxygen atoms in total. The van der Waals surface area contributed by atoms with Gasteiger partial charge in [0.2, 0.25) is 0 Å². The molecule has 2 aliphatic carbocycles. The molecule has 0 aliphatic heterocycles. The number of benzene rings is 16. The number of nitrogens with zero attached hydrogens (tertiary/aromatic N) is 3. The molecule has 0 saturated carbocycles. The number of rotatable bonds is 9. The fraction of sp³-hybridized carbons (Fsp3) is 0.0108. The minimum atomic E-state index is -0.496. The Balaban J connectivity index is 0.888. The van der Waals surface area contributed by atoms with E-state index < -0.39 is 5.41 Å². The summed E-state index contributed by atoms with van der Waals surface area (Å²) in [6, 6.07) is 130. The largest absolute Gasteiger partial charge is 0.310 e. The van der Waals surface area contributed by atoms with Gasteiger partial charge in [0, 0.05) is 79.6 Å². The van der Waals surface area contributed by atoms with E-state index in [-0.39, 0.29) is 0 Å². The molecule has 0 bridgehead atoms. The zero-order valence-electron chi connectivity index (χ0n) is 53.1. The summed E-state index contributed by atoms with van der Waals surface area (Å²) < 4.78 is 7.67. The van der Waals surface area contributed by atoms with Gasteiger partial charge < -0.3 is 14.4 Å². The van der Waals surface area contributed by atoms with Crippen molar-refractivity contribution in [2.75, 3.05) is 9.80 Å². The Bertz CT molecular complexity index is 6140. The third-order valence-corrected chi connectivity index (χ3v) is 23.5. The SMILES string of the molecule is c1ccc(N(c2ccc(-c3cccc4ccccc34)cc2)c2cc3c(c4sc5ccccc5c24)c2c4sc5ccccc5c4c(N(c4ccccc4)c4ccc(-c5cccc6ccccc56)cc4)cc2n3-c2ccc3c(c2)-c2ccccc2C32c3ccccc3-c3ccccc32)cc1. The molecule has 5 heteroatoms. The van der Waals surface area contributed by atoms with Crippen LogP contribution >= 0.6 is 22.7 Å². The van der Waals surface area contributed by atoms with E-state index in [1.807, 2.05) is 22.7 Å². The maximum Gasteiger partial charge on any atom is 0.0725 e. The number of aromatic nitrogens is 1. The molecular weight excluding hydrogens is 1220 g/mol. The van der Waals surface area contributed by atoms with Gasteiger partial charge in [-0.2, -0.15) is 0 Å². The summed E-state index contributed by atoms with van der Waals surface area (Å²) in [6.07, 6.45) is 0. The molecule has 19 aromatic rings. The van der Waals surface area contributed by atoms with Gasteiger partial charge in [-0.25, -0.2) is 0 Å². The van der Waals surface area contributed by atoms with E-state index in [0.29, 0.717) is 0 Å². The molecule has 0 unspecified atom stereocenters. The van der Waals surface area contributed by atoms with E-state index in [2.05, 4.69) is 360 Å². The van der Waals surface area contributed by atoms with Gasteiger partial charge in [0.1, 0.15) is 0 Å². The van der Waals surface area contributed by atoms with Gasteiger partial charge in [0.15, 0.2) is 0 Å². The smallest absolute Gasteiger partial charge is 0.0725 e. The minimum Gasteiger partial charge on any atom is -0.310 e. The average Bonchev–Trinajstić information content (AvgIpc) is 1.51. The first-order valence-electron chi connectivity index (χ1n) is 33.7. The summed E-state index contributed by atoms with van der Waals surface area (Å²) in [5.74, 6) is 0. The molecule has 21 rings (SSSR count). The molecule has 0 N–H and O–H groups in total. The van der Waals surface area contributed by atoms with Crippen LogP contribution in [-0.2, 0) is 5.41 Å². The van der Waals surface area contributed by atoms with Crippen molar-refractivity contribution in [2.45, 2.75) is 5.41 Å². The molecule has 3 heterocycles. The van der Waals surface area contributed by atoms with Crippen molar-refractivity contribution >= 4 is 140 Å². The Morgan fingerprint density at radius 2 is 0.612 bits per heavy atom. The number of hydrogen-bond donors (Lipinski definition) is 0. The first-order valence-corrected chi connectivity index (χ1v) is 35.3. The van der Waals surface area contributed by atoms with Crippen molar-refractivity contribution in [1.82, 2.24) is 4.57 Å². The van der Waals surface area contributed by atoms with Crippen LogP contribution in [-0.4, -0.2) is 4.57 Å². The highest BCUT2D eigenvalue weighted by Gasteiger charge is 2.51. The number of thiophene rings is 2. The lowest BCUT2D eigenvalue weighted by atomic mass is 9.70. The Labute approximate surface area is 574 Å². The Morgan fingerprint density at radius 3 is 1.08 bits per heavy atom. The fourth-order valence-corrected chi connectivity index (χ4v) is 19.6. The predicted molar refractivity (Wildman–Crippen MR) is 418 cm³/mol. The van der Waals surface area contributed by atoms with Gasteiger partial charge in [-0.3, -0.25) is 0 Å². The van der Waals surface area contributed by atoms with E-state index in [4.69, 9.17) is 0 Å². The van der Waals surface area contributed by atoms with Crippen LogP contribution in [0, 0.1) is 0 Å². The molecule has 0 saturated heterocycles. The van der Waals surface area contributed by atoms with Crippen LogP contribution in [0.3, 0.4) is 0 Å². The van der Waals surface area contributed by atoms with Crippen molar-refractivity contribution in [2.24, 2.45) is 0 Å². The van der Waals surface area contributed by atoms with Crippen LogP contribution in [0.2, 0.25) is 0 Å². The second kappa shape index (κ2) is 21.4. The molecular formula is C93H57N3S2. The average molecular weight is 1280 g/mol. The van der Waals surface area contributed by atoms with Gasteiger partial charge in [-0.05, 0) is 173 Å². The van der Waals surface area contributed by atoms with E-state index in [0.717, 1.165) is 50.8 Å². The summed E-state index contributed by atoms with van der Waals surface area (Å²) in [7, 11) is 0. The zero-order chi connectivity index (χ0) is 64.2. The normalized spacial score (nSPS) is 12.8. The maximum absolute atomic E-state index is 2.65. The van der Waals surface area contributed by atoms with E-state index >= 15 is 0 Å². The van der Waals surface area contributed by atoms with Crippen LogP contribution in [0.15, 0.2) is 346 Å². The molecule has 3 aromatic heterocycles. The number of fused-ring (bicyclic) bond motifs is 23. The molecule has 16 aromatic carbocycles. The van der Waals surface area contributed by atoms with Crippen molar-refractivity contribution < 1.29 is 0 Å². The van der Waals surface area contributed by atoms with E-state index in [9.17, 15) is 0 Å². The Kier molecular flexibility index (Phi) is 12.1. The first-order chi connectivity index (χ1) is 48.6. The van der Waals surface area contributed by atoms with Crippen LogP contribution in [0.4, 0.5) is 34.1 Å². The first kappa shape index (κ1) is 55.2. The second-order valence-corrected chi connectivity index (χ2v) is 28.2. The molecule has 0 radical (unpaired) electrons. The molecule has 1 spiro atoms. The topological polar surface area (TPSA) is 11.4 Å². The molecule has 456 valence electrons. The zero-order valence-corrected chi connectivity index (χ0v) is 54.7. The number of hydrogen-bond acceptors (Lipinski definition) is 4. The lowest BCUT2D eigenvalue weighted by Crippen LogP contribution is -2.25. The number of anilines is 6. The molecule has 0 atom stereocenters. The van der Waals surface area contributed by atoms with Crippen LogP contribution in [0.25, 0.3) is 134 Å². The summed E-state index contributed by atoms with van der Waals surface area (Å²) in [6.45, 7) is 0. The van der Waals surface area contributed by atoms with Crippen molar-refractivity contribution in [3.8, 4) is 50.2 Å². The van der Waals surface area contributed by atoms with Gasteiger partial charge in [0.25, 0.3) is 0 Å². The summed E-state index contributed by atoms with van der Waals surface area (Å²) >= 11 is 3.84. The van der Waals surface area contributed by atoms with Crippen LogP contribution in [0.5, 0.6) is 0 Å². The summed E-state index contributed by atoms with van der Waals surface area (Å²) in [5.41, 5.74) is 24.7. The van der Waals surface area contributed by atoms with E-state index in [1.54, 1.807) is 0 Å². The summed E-state index contributed by atoms with van der Waals surface area (Å²) in [4.78, 5) is 5.04. The number of para-hydroxylation sites is 2. The monoisotopic (exact) mass is 1280 g/mol. The standard InChI is InChI=1S/C93H57N3S2/c1-3-27-62(28-4-1)94(64-49-45-60(46-50-64)69-38-21-25-58-23-7-9-31-67(58)69)81-56-83-89(91-87(81)74-36-14-19-43-85(74)97-91)90-84(96(83)66-53-54-80-76(55-66)73-35-13-18-42-79(73)93(80)77-40-16-11-33-71(77)72-34-12-17-41-78(72)93)57-82(88-75-37-15-20-44-86(75)98-92(88)90)95(63-29-5-2-6-30-63)65-51-47-61(48-52-65)70-39-22-26-59-24-8-10-32-68(59)70/h1-57H. The van der Waals surface area contributed by atoms with Crippen LogP contribution < -0.4 is 9.80 Å². The molecule has 98 heavy (non-hydrogen) atoms. The maximum atomic E-state index is 2.65. The third-order valence-electron chi connectivity index (χ3n) is 21.2. The van der Waals surface area contributed by atoms with Gasteiger partial charge in [0.05, 0.1) is 27.8 Å². The predicted octanol–water partition coefficient (Wildman–Crippen LogP) is 26.4. The minimum absolute atomic E-state index is 0.496. The molecule has 2 aliphatic rings. The van der Waals surface area contributed by atoms with Crippen LogP contribution in [0.1, 0.15) is 22.3 Å².